The Kier molecular flexibility index (Phi) is 3.59. The van der Waals surface area contributed by atoms with Gasteiger partial charge in [0.25, 0.3) is 0 Å². The van der Waals surface area contributed by atoms with Crippen molar-refractivity contribution in [2.24, 2.45) is 5.73 Å². The molecule has 0 aromatic carbocycles. The van der Waals surface area contributed by atoms with Gasteiger partial charge in [-0.2, -0.15) is 0 Å². The fourth-order valence-electron chi connectivity index (χ4n) is 0.152. The summed E-state index contributed by atoms with van der Waals surface area (Å²) in [5.74, 6) is -1.05. The highest BCUT2D eigenvalue weighted by molar-refractivity contribution is 7.93. The molecule has 0 bridgehead atoms. The first-order valence-corrected chi connectivity index (χ1v) is 2.87. The zero-order chi connectivity index (χ0) is 6.57. The molecule has 8 heavy (non-hydrogen) atoms. The minimum Gasteiger partial charge on any atom is -0.480 e. The van der Waals surface area contributed by atoms with E-state index >= 15 is 0 Å². The summed E-state index contributed by atoms with van der Waals surface area (Å²) in [4.78, 5) is 9.84. The predicted octanol–water partition coefficient (Wildman–Crippen LogP) is -0.396. The maximum atomic E-state index is 9.84. The van der Waals surface area contributed by atoms with E-state index < -0.39 is 12.0 Å². The van der Waals surface area contributed by atoms with Crippen LogP contribution in [-0.2, 0) is 4.79 Å². The molecule has 0 aliphatic carbocycles. The van der Waals surface area contributed by atoms with Crippen LogP contribution in [0.4, 0.5) is 0 Å². The number of rotatable bonds is 3. The number of hydrogen-bond acceptors (Lipinski definition) is 4. The smallest absolute Gasteiger partial charge is 0.321 e. The van der Waals surface area contributed by atoms with Crippen molar-refractivity contribution in [3.05, 3.63) is 0 Å². The van der Waals surface area contributed by atoms with Crippen LogP contribution in [0, 0.1) is 0 Å². The van der Waals surface area contributed by atoms with Crippen LogP contribution in [0.2, 0.25) is 0 Å². The van der Waals surface area contributed by atoms with E-state index in [-0.39, 0.29) is 5.75 Å². The van der Waals surface area contributed by atoms with Crippen LogP contribution >= 0.6 is 12.0 Å². The van der Waals surface area contributed by atoms with Crippen LogP contribution in [0.1, 0.15) is 0 Å². The maximum Gasteiger partial charge on any atom is 0.321 e. The molecule has 0 radical (unpaired) electrons. The Morgan fingerprint density at radius 2 is 2.38 bits per heavy atom. The van der Waals surface area contributed by atoms with E-state index in [0.717, 1.165) is 0 Å². The second-order valence-corrected chi connectivity index (χ2v) is 1.83. The fraction of sp³-hybridized carbons (Fsp3) is 0.667. The number of aliphatic carboxylic acids is 1. The molecule has 48 valence electrons. The van der Waals surface area contributed by atoms with Crippen molar-refractivity contribution in [3.63, 3.8) is 0 Å². The van der Waals surface area contributed by atoms with Gasteiger partial charge in [-0.25, -0.2) is 0 Å². The summed E-state index contributed by atoms with van der Waals surface area (Å²) in [6.07, 6.45) is 0. The van der Waals surface area contributed by atoms with Gasteiger partial charge in [-0.15, -0.1) is 0 Å². The lowest BCUT2D eigenvalue weighted by Crippen LogP contribution is -2.32. The molecule has 0 heterocycles. The second kappa shape index (κ2) is 3.71. The Labute approximate surface area is 50.9 Å². The summed E-state index contributed by atoms with van der Waals surface area (Å²) in [5.41, 5.74) is 4.95. The molecule has 4 N–H and O–H groups in total. The summed E-state index contributed by atoms with van der Waals surface area (Å²) in [6.45, 7) is 0. The first kappa shape index (κ1) is 7.74. The van der Waals surface area contributed by atoms with Crippen LogP contribution in [0.15, 0.2) is 0 Å². The summed E-state index contributed by atoms with van der Waals surface area (Å²) in [7, 11) is 0. The highest BCUT2D eigenvalue weighted by atomic mass is 32.2. The molecule has 0 aromatic rings. The van der Waals surface area contributed by atoms with E-state index in [1.54, 1.807) is 0 Å². The first-order valence-electron chi connectivity index (χ1n) is 1.93. The van der Waals surface area contributed by atoms with Gasteiger partial charge < -0.3 is 15.4 Å². The molecule has 4 nitrogen and oxygen atoms in total. The fourth-order valence-corrected chi connectivity index (χ4v) is 0.455. The highest BCUT2D eigenvalue weighted by Crippen LogP contribution is 1.92. The lowest BCUT2D eigenvalue weighted by Gasteiger charge is -1.99. The third kappa shape index (κ3) is 2.84. The molecule has 0 saturated carbocycles. The summed E-state index contributed by atoms with van der Waals surface area (Å²) < 4.78 is 8.06. The first-order chi connectivity index (χ1) is 3.68. The average Bonchev–Trinajstić information content (AvgIpc) is 1.67. The normalized spacial score (nSPS) is 13.2. The van der Waals surface area contributed by atoms with Crippen molar-refractivity contribution in [2.75, 3.05) is 5.75 Å². The zero-order valence-corrected chi connectivity index (χ0v) is 4.89. The largest absolute Gasteiger partial charge is 0.480 e. The molecular formula is C3H7NO3S. The number of hydrogen-bond donors (Lipinski definition) is 3. The van der Waals surface area contributed by atoms with E-state index in [4.69, 9.17) is 15.4 Å². The van der Waals surface area contributed by atoms with E-state index in [2.05, 4.69) is 0 Å². The summed E-state index contributed by atoms with van der Waals surface area (Å²) in [6, 6.07) is -0.954. The van der Waals surface area contributed by atoms with Gasteiger partial charge in [0.05, 0.1) is 0 Å². The number of carboxylic acid groups (broad SMARTS) is 1. The molecule has 0 saturated heterocycles. The average molecular weight is 137 g/mol. The third-order valence-electron chi connectivity index (χ3n) is 0.571. The van der Waals surface area contributed by atoms with Crippen LogP contribution in [0.3, 0.4) is 0 Å². The maximum absolute atomic E-state index is 9.84. The van der Waals surface area contributed by atoms with Gasteiger partial charge in [0.2, 0.25) is 0 Å². The molecule has 0 aliphatic heterocycles. The summed E-state index contributed by atoms with van der Waals surface area (Å²) >= 11 is 0.432. The lowest BCUT2D eigenvalue weighted by atomic mass is 10.4. The van der Waals surface area contributed by atoms with Gasteiger partial charge in [0.15, 0.2) is 0 Å². The Hall–Kier alpha value is -0.260. The van der Waals surface area contributed by atoms with E-state index in [9.17, 15) is 4.79 Å². The van der Waals surface area contributed by atoms with Gasteiger partial charge in [-0.05, 0) is 12.0 Å². The molecule has 1 atom stereocenters. The monoisotopic (exact) mass is 137 g/mol. The standard InChI is InChI=1S/C3H7NO3S/c4-2(1-8-7)3(5)6/h2,7H,1,4H2,(H,5,6). The number of nitrogens with two attached hydrogens (primary N) is 1. The third-order valence-corrected chi connectivity index (χ3v) is 1.08. The van der Waals surface area contributed by atoms with Crippen molar-refractivity contribution >= 4 is 18.0 Å². The molecule has 0 aliphatic rings. The molecular weight excluding hydrogens is 130 g/mol. The minimum absolute atomic E-state index is 0.0370. The quantitative estimate of drug-likeness (QED) is 0.461. The van der Waals surface area contributed by atoms with Gasteiger partial charge >= 0.3 is 5.97 Å². The Morgan fingerprint density at radius 1 is 1.88 bits per heavy atom. The molecule has 0 fully saturated rings. The number of carbonyl (C=O) groups is 1. The van der Waals surface area contributed by atoms with Gasteiger partial charge in [0.1, 0.15) is 6.04 Å². The van der Waals surface area contributed by atoms with Gasteiger partial charge in [0, 0.05) is 5.75 Å². The van der Waals surface area contributed by atoms with E-state index in [1.165, 1.54) is 0 Å². The molecule has 5 heteroatoms. The topological polar surface area (TPSA) is 83.5 Å². The molecule has 0 rings (SSSR count). The van der Waals surface area contributed by atoms with Crippen LogP contribution in [0.5, 0.6) is 0 Å². The molecule has 0 amide bonds. The van der Waals surface area contributed by atoms with E-state index in [1.807, 2.05) is 0 Å². The van der Waals surface area contributed by atoms with E-state index in [0.29, 0.717) is 12.0 Å². The van der Waals surface area contributed by atoms with Crippen molar-refractivity contribution < 1.29 is 14.5 Å². The minimum atomic E-state index is -1.09. The van der Waals surface area contributed by atoms with Crippen LogP contribution < -0.4 is 5.73 Å². The Balaban J connectivity index is 3.32. The van der Waals surface area contributed by atoms with Gasteiger partial charge in [-0.3, -0.25) is 4.79 Å². The zero-order valence-electron chi connectivity index (χ0n) is 4.07. The van der Waals surface area contributed by atoms with Crippen molar-refractivity contribution in [1.29, 1.82) is 0 Å². The van der Waals surface area contributed by atoms with Crippen molar-refractivity contribution in [3.8, 4) is 0 Å². The van der Waals surface area contributed by atoms with Gasteiger partial charge in [-0.1, -0.05) is 0 Å². The van der Waals surface area contributed by atoms with Crippen molar-refractivity contribution in [1.82, 2.24) is 0 Å². The molecule has 1 unspecified atom stereocenters. The Bertz CT molecular complexity index is 86.6. The number of carboxylic acids is 1. The lowest BCUT2D eigenvalue weighted by molar-refractivity contribution is -0.137. The molecule has 0 aromatic heterocycles. The second-order valence-electron chi connectivity index (χ2n) is 1.24. The van der Waals surface area contributed by atoms with Crippen molar-refractivity contribution in [2.45, 2.75) is 6.04 Å². The van der Waals surface area contributed by atoms with Crippen LogP contribution in [-0.4, -0.2) is 27.4 Å². The van der Waals surface area contributed by atoms with Crippen LogP contribution in [0.25, 0.3) is 0 Å². The highest BCUT2D eigenvalue weighted by Gasteiger charge is 2.09. The predicted molar refractivity (Wildman–Crippen MR) is 30.7 cm³/mol. The summed E-state index contributed by atoms with van der Waals surface area (Å²) in [5, 5.41) is 8.06. The Morgan fingerprint density at radius 3 is 2.50 bits per heavy atom. The SMILES string of the molecule is NC(CSO)C(=O)O. The molecule has 0 spiro atoms.